The number of amides is 1. The zero-order valence-corrected chi connectivity index (χ0v) is 26.2. The van der Waals surface area contributed by atoms with E-state index in [0.29, 0.717) is 69.1 Å². The second kappa shape index (κ2) is 11.6. The van der Waals surface area contributed by atoms with Gasteiger partial charge >= 0.3 is 6.09 Å². The molecule has 1 spiro atoms. The number of Topliss-reactive ketones (excluding diaryl/α,β-unsaturated/α-hetero) is 2. The summed E-state index contributed by atoms with van der Waals surface area (Å²) in [6.07, 6.45) is 8.08. The molecule has 6 rings (SSSR count). The first-order valence-corrected chi connectivity index (χ1v) is 15.8. The molecule has 0 unspecified atom stereocenters. The average molecular weight is 606 g/mol. The second-order valence-corrected chi connectivity index (χ2v) is 13.6. The van der Waals surface area contributed by atoms with Crippen LogP contribution in [0.1, 0.15) is 95.6 Å². The van der Waals surface area contributed by atoms with Gasteiger partial charge in [-0.1, -0.05) is 6.42 Å². The number of carbonyl (C=O) groups is 3. The maximum atomic E-state index is 13.9. The van der Waals surface area contributed by atoms with Crippen LogP contribution in [0.3, 0.4) is 0 Å². The highest BCUT2D eigenvalue weighted by molar-refractivity contribution is 6.17. The quantitative estimate of drug-likeness (QED) is 0.393. The number of ether oxygens (including phenoxy) is 2. The number of allylic oxidation sites excluding steroid dienone is 1. The Morgan fingerprint density at radius 1 is 1.09 bits per heavy atom. The topological polar surface area (TPSA) is 146 Å². The molecule has 2 aromatic rings. The van der Waals surface area contributed by atoms with Crippen LogP contribution in [0, 0.1) is 5.41 Å². The van der Waals surface area contributed by atoms with E-state index in [1.54, 1.807) is 15.6 Å². The van der Waals surface area contributed by atoms with E-state index in [9.17, 15) is 14.4 Å². The molecule has 2 aliphatic heterocycles. The molecule has 3 fully saturated rings. The lowest BCUT2D eigenvalue weighted by atomic mass is 9.62. The molecule has 4 heterocycles. The van der Waals surface area contributed by atoms with Gasteiger partial charge in [-0.2, -0.15) is 10.1 Å². The van der Waals surface area contributed by atoms with Crippen LogP contribution >= 0.6 is 0 Å². The van der Waals surface area contributed by atoms with Crippen molar-refractivity contribution in [2.45, 2.75) is 103 Å². The van der Waals surface area contributed by atoms with Crippen LogP contribution in [-0.4, -0.2) is 79.1 Å². The highest BCUT2D eigenvalue weighted by Crippen LogP contribution is 2.45. The molecule has 0 aromatic carbocycles. The number of likely N-dealkylation sites (N-methyl/N-ethyl adjacent to an activating group) is 1. The predicted molar refractivity (Wildman–Crippen MR) is 162 cm³/mol. The smallest absolute Gasteiger partial charge is 0.410 e. The molecule has 2 aromatic heterocycles. The summed E-state index contributed by atoms with van der Waals surface area (Å²) in [5.74, 6) is 0.830. The number of aromatic nitrogens is 4. The monoisotopic (exact) mass is 605 g/mol. The van der Waals surface area contributed by atoms with E-state index in [-0.39, 0.29) is 35.2 Å². The molecule has 1 amide bonds. The van der Waals surface area contributed by atoms with Gasteiger partial charge in [0.15, 0.2) is 17.4 Å². The van der Waals surface area contributed by atoms with Gasteiger partial charge in [-0.25, -0.2) is 14.5 Å². The minimum Gasteiger partial charge on any atom is -0.476 e. The highest BCUT2D eigenvalue weighted by atomic mass is 16.6. The fourth-order valence-electron chi connectivity index (χ4n) is 6.89. The first-order valence-electron chi connectivity index (χ1n) is 15.8. The number of ketones is 2. The molecule has 4 aliphatic rings. The lowest BCUT2D eigenvalue weighted by molar-refractivity contribution is -0.143. The zero-order valence-electron chi connectivity index (χ0n) is 26.2. The number of fused-ring (bicyclic) bond motifs is 1. The maximum absolute atomic E-state index is 13.9. The van der Waals surface area contributed by atoms with Crippen LogP contribution in [0.4, 0.5) is 4.79 Å². The van der Waals surface area contributed by atoms with Gasteiger partial charge in [0.1, 0.15) is 18.0 Å². The Kier molecular flexibility index (Phi) is 7.98. The fraction of sp³-hybridized carbons (Fsp3) is 0.625. The molecule has 2 saturated carbocycles. The van der Waals surface area contributed by atoms with Crippen molar-refractivity contribution in [1.29, 1.82) is 0 Å². The molecule has 0 radical (unpaired) electrons. The molecule has 12 heteroatoms. The summed E-state index contributed by atoms with van der Waals surface area (Å²) < 4.78 is 13.4. The van der Waals surface area contributed by atoms with Crippen LogP contribution in [0.5, 0.6) is 5.88 Å². The molecular formula is C32H43N7O5. The van der Waals surface area contributed by atoms with Crippen molar-refractivity contribution in [1.82, 2.24) is 29.5 Å². The Hall–Kier alpha value is -3.80. The summed E-state index contributed by atoms with van der Waals surface area (Å²) in [4.78, 5) is 52.8. The second-order valence-electron chi connectivity index (χ2n) is 13.6. The molecule has 1 saturated heterocycles. The number of hydrogen-bond acceptors (Lipinski definition) is 10. The molecule has 44 heavy (non-hydrogen) atoms. The largest absolute Gasteiger partial charge is 0.476 e. The third-order valence-electron chi connectivity index (χ3n) is 9.35. The number of nitrogens with zero attached hydrogens (tertiary/aromatic N) is 6. The molecule has 236 valence electrons. The van der Waals surface area contributed by atoms with E-state index in [1.807, 2.05) is 27.0 Å². The van der Waals surface area contributed by atoms with Crippen LogP contribution in [0.2, 0.25) is 0 Å². The Morgan fingerprint density at radius 3 is 2.59 bits per heavy atom. The highest BCUT2D eigenvalue weighted by Gasteiger charge is 2.49. The van der Waals surface area contributed by atoms with Crippen molar-refractivity contribution >= 4 is 23.4 Å². The van der Waals surface area contributed by atoms with Crippen molar-refractivity contribution in [3.05, 3.63) is 34.9 Å². The zero-order chi connectivity index (χ0) is 31.2. The molecule has 0 bridgehead atoms. The van der Waals surface area contributed by atoms with Crippen molar-refractivity contribution in [2.75, 3.05) is 20.2 Å². The Morgan fingerprint density at radius 2 is 1.89 bits per heavy atom. The fourth-order valence-corrected chi connectivity index (χ4v) is 6.89. The van der Waals surface area contributed by atoms with Crippen molar-refractivity contribution in [3.63, 3.8) is 0 Å². The van der Waals surface area contributed by atoms with Crippen LogP contribution in [0.15, 0.2) is 17.8 Å². The van der Waals surface area contributed by atoms with E-state index < -0.39 is 11.0 Å². The van der Waals surface area contributed by atoms with Crippen molar-refractivity contribution < 1.29 is 23.9 Å². The molecule has 2 N–H and O–H groups in total. The van der Waals surface area contributed by atoms with Gasteiger partial charge in [0, 0.05) is 35.9 Å². The van der Waals surface area contributed by atoms with Crippen molar-refractivity contribution in [3.8, 4) is 11.7 Å². The van der Waals surface area contributed by atoms with E-state index in [1.165, 1.54) is 0 Å². The Labute approximate surface area is 258 Å². The summed E-state index contributed by atoms with van der Waals surface area (Å²) in [5.41, 5.74) is 7.39. The SMILES string of the molecule is CN1CCC[C@H]1COc1cc(-n2cc3c(n2)CN(C(=O)OC(C)(C)C)C3)nc(/C(N)=C2\CCC[C@@]3(CCCCC3=O)C2=O)n1. The Bertz CT molecular complexity index is 1480. The van der Waals surface area contributed by atoms with Gasteiger partial charge in [0.25, 0.3) is 0 Å². The lowest BCUT2D eigenvalue weighted by Crippen LogP contribution is -2.45. The Balaban J connectivity index is 1.31. The average Bonchev–Trinajstić information content (AvgIpc) is 3.68. The van der Waals surface area contributed by atoms with E-state index in [4.69, 9.17) is 25.3 Å². The van der Waals surface area contributed by atoms with Gasteiger partial charge < -0.3 is 20.1 Å². The van der Waals surface area contributed by atoms with E-state index in [2.05, 4.69) is 16.9 Å². The normalized spacial score (nSPS) is 25.5. The minimum atomic E-state index is -0.969. The van der Waals surface area contributed by atoms with Gasteiger partial charge in [-0.15, -0.1) is 0 Å². The van der Waals surface area contributed by atoms with Crippen LogP contribution in [0.25, 0.3) is 11.5 Å². The summed E-state index contributed by atoms with van der Waals surface area (Å²) in [7, 11) is 2.09. The summed E-state index contributed by atoms with van der Waals surface area (Å²) in [6.45, 7) is 7.69. The molecule has 2 atom stereocenters. The maximum Gasteiger partial charge on any atom is 0.410 e. The van der Waals surface area contributed by atoms with E-state index >= 15 is 0 Å². The first kappa shape index (κ1) is 30.2. The van der Waals surface area contributed by atoms with Gasteiger partial charge in [0.2, 0.25) is 5.88 Å². The molecular weight excluding hydrogens is 562 g/mol. The summed E-state index contributed by atoms with van der Waals surface area (Å²) >= 11 is 0. The van der Waals surface area contributed by atoms with Gasteiger partial charge in [0.05, 0.1) is 29.9 Å². The third kappa shape index (κ3) is 5.83. The van der Waals surface area contributed by atoms with Gasteiger partial charge in [-0.05, 0) is 79.3 Å². The van der Waals surface area contributed by atoms with Crippen molar-refractivity contribution in [2.24, 2.45) is 11.1 Å². The third-order valence-corrected chi connectivity index (χ3v) is 9.35. The van der Waals surface area contributed by atoms with Crippen LogP contribution < -0.4 is 10.5 Å². The minimum absolute atomic E-state index is 0.0320. The number of rotatable bonds is 5. The lowest BCUT2D eigenvalue weighted by Gasteiger charge is -2.38. The first-order chi connectivity index (χ1) is 20.9. The number of carbonyl (C=O) groups excluding carboxylic acids is 3. The standard InChI is InChI=1S/C32H43N7O5/c1-31(2,3)44-30(42)38-16-20-17-39(36-23(20)18-38)25-15-26(43-19-21-9-8-14-37(21)4)35-29(34-25)27(33)22-10-7-13-32(28(22)41)12-6-5-11-24(32)40/h15,17,21H,5-14,16,18-19,33H2,1-4H3/b27-22-/t21-,32+/m0/s1. The molecule has 2 aliphatic carbocycles. The molecule has 12 nitrogen and oxygen atoms in total. The van der Waals surface area contributed by atoms with Crippen LogP contribution in [-0.2, 0) is 27.4 Å². The van der Waals surface area contributed by atoms with E-state index in [0.717, 1.165) is 43.5 Å². The summed E-state index contributed by atoms with van der Waals surface area (Å²) in [5, 5.41) is 4.73. The number of likely N-dealkylation sites (tertiary alicyclic amines) is 1. The number of nitrogens with two attached hydrogens (primary N) is 1. The summed E-state index contributed by atoms with van der Waals surface area (Å²) in [6, 6.07) is 2.00. The predicted octanol–water partition coefficient (Wildman–Crippen LogP) is 3.94. The number of hydrogen-bond donors (Lipinski definition) is 1. The van der Waals surface area contributed by atoms with Gasteiger partial charge in [-0.3, -0.25) is 14.5 Å².